The van der Waals surface area contributed by atoms with Crippen LogP contribution in [0, 0.1) is 5.92 Å². The molecule has 104 valence electrons. The van der Waals surface area contributed by atoms with Gasteiger partial charge in [0.05, 0.1) is 11.3 Å². The molecule has 0 aliphatic heterocycles. The summed E-state index contributed by atoms with van der Waals surface area (Å²) >= 11 is 0. The van der Waals surface area contributed by atoms with Gasteiger partial charge in [-0.15, -0.1) is 0 Å². The van der Waals surface area contributed by atoms with E-state index in [1.165, 1.54) is 12.8 Å². The van der Waals surface area contributed by atoms with E-state index in [0.717, 1.165) is 19.3 Å². The Labute approximate surface area is 114 Å². The Morgan fingerprint density at radius 1 is 1.53 bits per heavy atom. The molecular weight excluding hydrogens is 240 g/mol. The highest BCUT2D eigenvalue weighted by Crippen LogP contribution is 2.28. The number of pyridine rings is 1. The zero-order valence-electron chi connectivity index (χ0n) is 11.5. The molecule has 0 radical (unpaired) electrons. The second-order valence-electron chi connectivity index (χ2n) is 5.21. The average molecular weight is 262 g/mol. The van der Waals surface area contributed by atoms with Gasteiger partial charge in [0.15, 0.2) is 0 Å². The predicted octanol–water partition coefficient (Wildman–Crippen LogP) is 2.67. The van der Waals surface area contributed by atoms with Gasteiger partial charge >= 0.3 is 5.97 Å². The lowest BCUT2D eigenvalue weighted by molar-refractivity contribution is 0.0139. The summed E-state index contributed by atoms with van der Waals surface area (Å²) in [5.41, 5.74) is 6.79. The summed E-state index contributed by atoms with van der Waals surface area (Å²) < 4.78 is 5.60. The molecule has 1 saturated carbocycles. The van der Waals surface area contributed by atoms with E-state index in [0.29, 0.717) is 23.7 Å². The van der Waals surface area contributed by atoms with Crippen molar-refractivity contribution < 1.29 is 9.53 Å². The molecule has 2 unspecified atom stereocenters. The summed E-state index contributed by atoms with van der Waals surface area (Å²) in [5, 5.41) is 0. The second-order valence-corrected chi connectivity index (χ2v) is 5.21. The van der Waals surface area contributed by atoms with Crippen LogP contribution in [0.1, 0.15) is 55.1 Å². The quantitative estimate of drug-likeness (QED) is 0.847. The van der Waals surface area contributed by atoms with Crippen LogP contribution in [0.5, 0.6) is 0 Å². The molecule has 0 saturated heterocycles. The van der Waals surface area contributed by atoms with Gasteiger partial charge in [-0.05, 0) is 37.3 Å². The molecule has 1 heterocycles. The topological polar surface area (TPSA) is 65.2 Å². The second kappa shape index (κ2) is 6.66. The SMILES string of the molecule is CCC1CCCC(OC(=O)c2ccnc(CN)c2)C1. The normalized spacial score (nSPS) is 23.1. The van der Waals surface area contributed by atoms with E-state index in [9.17, 15) is 4.79 Å². The standard InChI is InChI=1S/C15H22N2O2/c1-2-11-4-3-5-14(8-11)19-15(18)12-6-7-17-13(9-12)10-16/h6-7,9,11,14H,2-5,8,10,16H2,1H3. The van der Waals surface area contributed by atoms with Crippen molar-refractivity contribution in [3.05, 3.63) is 29.6 Å². The first-order valence-electron chi connectivity index (χ1n) is 7.09. The lowest BCUT2D eigenvalue weighted by Gasteiger charge is -2.28. The molecule has 1 aliphatic rings. The van der Waals surface area contributed by atoms with Crippen molar-refractivity contribution >= 4 is 5.97 Å². The van der Waals surface area contributed by atoms with Crippen molar-refractivity contribution in [2.75, 3.05) is 0 Å². The highest BCUT2D eigenvalue weighted by molar-refractivity contribution is 5.89. The Kier molecular flexibility index (Phi) is 4.91. The van der Waals surface area contributed by atoms with Gasteiger partial charge < -0.3 is 10.5 Å². The van der Waals surface area contributed by atoms with Crippen LogP contribution in [0.3, 0.4) is 0 Å². The molecule has 1 aromatic heterocycles. The number of carbonyl (C=O) groups excluding carboxylic acids is 1. The Morgan fingerprint density at radius 3 is 3.11 bits per heavy atom. The van der Waals surface area contributed by atoms with Gasteiger partial charge in [0.25, 0.3) is 0 Å². The Bertz CT molecular complexity index is 434. The number of hydrogen-bond donors (Lipinski definition) is 1. The first-order valence-corrected chi connectivity index (χ1v) is 7.09. The molecule has 4 nitrogen and oxygen atoms in total. The van der Waals surface area contributed by atoms with Crippen molar-refractivity contribution in [1.29, 1.82) is 0 Å². The fourth-order valence-electron chi connectivity index (χ4n) is 2.66. The van der Waals surface area contributed by atoms with Gasteiger partial charge in [-0.3, -0.25) is 4.98 Å². The maximum atomic E-state index is 12.1. The zero-order valence-corrected chi connectivity index (χ0v) is 11.5. The summed E-state index contributed by atoms with van der Waals surface area (Å²) in [7, 11) is 0. The molecular formula is C15H22N2O2. The van der Waals surface area contributed by atoms with Gasteiger partial charge in [-0.25, -0.2) is 4.79 Å². The highest BCUT2D eigenvalue weighted by atomic mass is 16.5. The number of esters is 1. The number of nitrogens with zero attached hydrogens (tertiary/aromatic N) is 1. The first-order chi connectivity index (χ1) is 9.22. The number of carbonyl (C=O) groups is 1. The molecule has 4 heteroatoms. The summed E-state index contributed by atoms with van der Waals surface area (Å²) in [4.78, 5) is 16.2. The summed E-state index contributed by atoms with van der Waals surface area (Å²) in [6.45, 7) is 2.54. The number of aromatic nitrogens is 1. The van der Waals surface area contributed by atoms with Gasteiger partial charge in [0.2, 0.25) is 0 Å². The smallest absolute Gasteiger partial charge is 0.338 e. The van der Waals surface area contributed by atoms with E-state index in [1.54, 1.807) is 18.3 Å². The van der Waals surface area contributed by atoms with Crippen LogP contribution >= 0.6 is 0 Å². The fraction of sp³-hybridized carbons (Fsp3) is 0.600. The third-order valence-electron chi connectivity index (χ3n) is 3.85. The third-order valence-corrected chi connectivity index (χ3v) is 3.85. The van der Waals surface area contributed by atoms with Crippen LogP contribution in [0.2, 0.25) is 0 Å². The van der Waals surface area contributed by atoms with Crippen LogP contribution in [0.15, 0.2) is 18.3 Å². The van der Waals surface area contributed by atoms with Crippen LogP contribution < -0.4 is 5.73 Å². The fourth-order valence-corrected chi connectivity index (χ4v) is 2.66. The molecule has 0 bridgehead atoms. The Balaban J connectivity index is 1.96. The largest absolute Gasteiger partial charge is 0.459 e. The lowest BCUT2D eigenvalue weighted by atomic mass is 9.85. The minimum Gasteiger partial charge on any atom is -0.459 e. The molecule has 0 spiro atoms. The molecule has 1 aromatic rings. The van der Waals surface area contributed by atoms with E-state index in [-0.39, 0.29) is 12.1 Å². The van der Waals surface area contributed by atoms with Crippen LogP contribution in [-0.4, -0.2) is 17.1 Å². The van der Waals surface area contributed by atoms with E-state index in [2.05, 4.69) is 11.9 Å². The van der Waals surface area contributed by atoms with Gasteiger partial charge in [-0.1, -0.05) is 19.8 Å². The summed E-state index contributed by atoms with van der Waals surface area (Å²) in [6.07, 6.45) is 7.24. The van der Waals surface area contributed by atoms with E-state index in [1.807, 2.05) is 0 Å². The molecule has 2 rings (SSSR count). The summed E-state index contributed by atoms with van der Waals surface area (Å²) in [6, 6.07) is 3.39. The number of hydrogen-bond acceptors (Lipinski definition) is 4. The minimum atomic E-state index is -0.251. The van der Waals surface area contributed by atoms with E-state index < -0.39 is 0 Å². The monoisotopic (exact) mass is 262 g/mol. The average Bonchev–Trinajstić information content (AvgIpc) is 2.47. The van der Waals surface area contributed by atoms with E-state index >= 15 is 0 Å². The van der Waals surface area contributed by atoms with Crippen molar-refractivity contribution in [1.82, 2.24) is 4.98 Å². The van der Waals surface area contributed by atoms with E-state index in [4.69, 9.17) is 10.5 Å². The molecule has 0 aromatic carbocycles. The maximum absolute atomic E-state index is 12.1. The number of ether oxygens (including phenoxy) is 1. The number of rotatable bonds is 4. The first kappa shape index (κ1) is 14.0. The molecule has 19 heavy (non-hydrogen) atoms. The third kappa shape index (κ3) is 3.77. The summed E-state index contributed by atoms with van der Waals surface area (Å²) in [5.74, 6) is 0.447. The molecule has 2 N–H and O–H groups in total. The van der Waals surface area contributed by atoms with Crippen LogP contribution in [0.4, 0.5) is 0 Å². The minimum absolute atomic E-state index is 0.0701. The Hall–Kier alpha value is -1.42. The van der Waals surface area contributed by atoms with Crippen LogP contribution in [-0.2, 0) is 11.3 Å². The van der Waals surface area contributed by atoms with Gasteiger partial charge in [0, 0.05) is 12.7 Å². The molecule has 1 aliphatic carbocycles. The van der Waals surface area contributed by atoms with Gasteiger partial charge in [0.1, 0.15) is 6.10 Å². The highest BCUT2D eigenvalue weighted by Gasteiger charge is 2.24. The predicted molar refractivity (Wildman–Crippen MR) is 73.6 cm³/mol. The molecule has 2 atom stereocenters. The van der Waals surface area contributed by atoms with Crippen molar-refractivity contribution in [3.63, 3.8) is 0 Å². The van der Waals surface area contributed by atoms with Crippen molar-refractivity contribution in [2.45, 2.75) is 51.7 Å². The molecule has 0 amide bonds. The van der Waals surface area contributed by atoms with Crippen LogP contribution in [0.25, 0.3) is 0 Å². The Morgan fingerprint density at radius 2 is 2.37 bits per heavy atom. The maximum Gasteiger partial charge on any atom is 0.338 e. The zero-order chi connectivity index (χ0) is 13.7. The number of nitrogens with two attached hydrogens (primary N) is 1. The lowest BCUT2D eigenvalue weighted by Crippen LogP contribution is -2.25. The molecule has 1 fully saturated rings. The van der Waals surface area contributed by atoms with Gasteiger partial charge in [-0.2, -0.15) is 0 Å². The van der Waals surface area contributed by atoms with Crippen molar-refractivity contribution in [2.24, 2.45) is 11.7 Å². The van der Waals surface area contributed by atoms with Crippen molar-refractivity contribution in [3.8, 4) is 0 Å².